The lowest BCUT2D eigenvalue weighted by atomic mass is 9.88. The fourth-order valence-corrected chi connectivity index (χ4v) is 5.14. The SMILES string of the molecule is CN(c1cc(=O)n(C)c2ccc(C#N)nc12)C1CCC(N(CC2CC2)c2ccc(F)cn2)CC1. The Balaban J connectivity index is 1.37. The topological polar surface area (TPSA) is 78.0 Å². The molecule has 0 bridgehead atoms. The van der Waals surface area contributed by atoms with E-state index in [2.05, 4.69) is 25.8 Å². The van der Waals surface area contributed by atoms with Gasteiger partial charge in [0.05, 0.1) is 17.4 Å². The second-order valence-electron chi connectivity index (χ2n) is 9.61. The second kappa shape index (κ2) is 9.05. The molecule has 0 atom stereocenters. The molecular formula is C26H29FN6O. The standard InChI is InChI=1S/C26H29FN6O/c1-31(23-13-25(34)32(2)22-11-6-19(14-28)30-26(22)23)20-7-9-21(10-8-20)33(16-17-3-4-17)24-12-5-18(27)15-29-24/h5-6,11-13,15,17,20-21H,3-4,7-10,16H2,1-2H3. The molecule has 0 radical (unpaired) electrons. The molecule has 0 amide bonds. The third-order valence-corrected chi connectivity index (χ3v) is 7.38. The fourth-order valence-electron chi connectivity index (χ4n) is 5.14. The molecule has 2 aliphatic carbocycles. The van der Waals surface area contributed by atoms with Crippen molar-refractivity contribution in [1.82, 2.24) is 14.5 Å². The monoisotopic (exact) mass is 460 g/mol. The van der Waals surface area contributed by atoms with E-state index in [-0.39, 0.29) is 17.4 Å². The van der Waals surface area contributed by atoms with Gasteiger partial charge in [0, 0.05) is 38.8 Å². The van der Waals surface area contributed by atoms with Crippen LogP contribution in [-0.2, 0) is 7.05 Å². The van der Waals surface area contributed by atoms with Crippen LogP contribution >= 0.6 is 0 Å². The summed E-state index contributed by atoms with van der Waals surface area (Å²) in [6.07, 6.45) is 7.75. The van der Waals surface area contributed by atoms with E-state index in [9.17, 15) is 14.4 Å². The minimum Gasteiger partial charge on any atom is -0.370 e. The Bertz CT molecular complexity index is 1290. The Morgan fingerprint density at radius 3 is 2.50 bits per heavy atom. The molecule has 0 aromatic carbocycles. The molecular weight excluding hydrogens is 431 g/mol. The van der Waals surface area contributed by atoms with Crippen LogP contribution in [0, 0.1) is 23.1 Å². The summed E-state index contributed by atoms with van der Waals surface area (Å²) in [4.78, 5) is 26.1. The largest absolute Gasteiger partial charge is 0.370 e. The number of pyridine rings is 3. The van der Waals surface area contributed by atoms with E-state index < -0.39 is 0 Å². The van der Waals surface area contributed by atoms with Crippen molar-refractivity contribution in [1.29, 1.82) is 5.26 Å². The molecule has 176 valence electrons. The van der Waals surface area contributed by atoms with Crippen molar-refractivity contribution in [2.45, 2.75) is 50.6 Å². The molecule has 2 saturated carbocycles. The highest BCUT2D eigenvalue weighted by atomic mass is 19.1. The molecule has 0 aliphatic heterocycles. The summed E-state index contributed by atoms with van der Waals surface area (Å²) < 4.78 is 15.0. The molecule has 5 rings (SSSR count). The highest BCUT2D eigenvalue weighted by Gasteiger charge is 2.33. The van der Waals surface area contributed by atoms with E-state index in [0.717, 1.165) is 49.2 Å². The smallest absolute Gasteiger partial charge is 0.252 e. The van der Waals surface area contributed by atoms with Crippen molar-refractivity contribution in [2.75, 3.05) is 23.4 Å². The van der Waals surface area contributed by atoms with Crippen molar-refractivity contribution in [3.05, 3.63) is 58.4 Å². The van der Waals surface area contributed by atoms with Crippen LogP contribution in [0.15, 0.2) is 41.3 Å². The minimum atomic E-state index is -0.310. The number of hydrogen-bond acceptors (Lipinski definition) is 6. The van der Waals surface area contributed by atoms with Crippen LogP contribution in [-0.4, -0.2) is 40.2 Å². The van der Waals surface area contributed by atoms with Crippen LogP contribution in [0.1, 0.15) is 44.2 Å². The lowest BCUT2D eigenvalue weighted by Gasteiger charge is -2.41. The Hall–Kier alpha value is -3.47. The molecule has 0 N–H and O–H groups in total. The van der Waals surface area contributed by atoms with Gasteiger partial charge in [0.15, 0.2) is 0 Å². The Labute approximate surface area is 198 Å². The van der Waals surface area contributed by atoms with Gasteiger partial charge in [-0.05, 0) is 68.7 Å². The van der Waals surface area contributed by atoms with Crippen molar-refractivity contribution in [2.24, 2.45) is 13.0 Å². The van der Waals surface area contributed by atoms with Crippen LogP contribution in [0.4, 0.5) is 15.9 Å². The van der Waals surface area contributed by atoms with Crippen molar-refractivity contribution in [3.8, 4) is 6.07 Å². The maximum absolute atomic E-state index is 13.4. The number of nitrogens with zero attached hydrogens (tertiary/aromatic N) is 6. The quantitative estimate of drug-likeness (QED) is 0.553. The van der Waals surface area contributed by atoms with Crippen molar-refractivity contribution in [3.63, 3.8) is 0 Å². The first-order chi connectivity index (χ1) is 16.4. The van der Waals surface area contributed by atoms with Gasteiger partial charge in [-0.3, -0.25) is 4.79 Å². The van der Waals surface area contributed by atoms with Gasteiger partial charge < -0.3 is 14.4 Å². The molecule has 7 nitrogen and oxygen atoms in total. The molecule has 2 fully saturated rings. The number of halogens is 1. The number of aryl methyl sites for hydroxylation is 1. The van der Waals surface area contributed by atoms with E-state index in [4.69, 9.17) is 0 Å². The maximum atomic E-state index is 13.4. The normalized spacial score (nSPS) is 20.2. The van der Waals surface area contributed by atoms with Gasteiger partial charge in [0.25, 0.3) is 5.56 Å². The second-order valence-corrected chi connectivity index (χ2v) is 9.61. The van der Waals surface area contributed by atoms with Gasteiger partial charge in [-0.2, -0.15) is 5.26 Å². The van der Waals surface area contributed by atoms with Crippen molar-refractivity contribution < 1.29 is 4.39 Å². The molecule has 0 unspecified atom stereocenters. The average Bonchev–Trinajstić information content (AvgIpc) is 3.69. The first-order valence-corrected chi connectivity index (χ1v) is 12.0. The molecule has 3 aromatic heterocycles. The number of hydrogen-bond donors (Lipinski definition) is 0. The lowest BCUT2D eigenvalue weighted by molar-refractivity contribution is 0.363. The van der Waals surface area contributed by atoms with Gasteiger partial charge >= 0.3 is 0 Å². The summed E-state index contributed by atoms with van der Waals surface area (Å²) >= 11 is 0. The van der Waals surface area contributed by atoms with Crippen LogP contribution in [0.25, 0.3) is 11.0 Å². The summed E-state index contributed by atoms with van der Waals surface area (Å²) in [5.41, 5.74) is 2.42. The lowest BCUT2D eigenvalue weighted by Crippen LogP contribution is -2.44. The minimum absolute atomic E-state index is 0.0902. The number of fused-ring (bicyclic) bond motifs is 1. The van der Waals surface area contributed by atoms with E-state index >= 15 is 0 Å². The molecule has 0 saturated heterocycles. The van der Waals surface area contributed by atoms with Gasteiger partial charge in [-0.1, -0.05) is 0 Å². The number of rotatable bonds is 6. The zero-order chi connectivity index (χ0) is 23.8. The number of aromatic nitrogens is 3. The molecule has 34 heavy (non-hydrogen) atoms. The van der Waals surface area contributed by atoms with Gasteiger partial charge in [-0.25, -0.2) is 14.4 Å². The summed E-state index contributed by atoms with van der Waals surface area (Å²) in [5, 5.41) is 9.33. The third-order valence-electron chi connectivity index (χ3n) is 7.38. The molecule has 2 aliphatic rings. The van der Waals surface area contributed by atoms with Gasteiger partial charge in [-0.15, -0.1) is 0 Å². The zero-order valence-electron chi connectivity index (χ0n) is 19.6. The van der Waals surface area contributed by atoms with Crippen LogP contribution < -0.4 is 15.4 Å². The van der Waals surface area contributed by atoms with Crippen LogP contribution in [0.2, 0.25) is 0 Å². The fraction of sp³-hybridized carbons (Fsp3) is 0.462. The van der Waals surface area contributed by atoms with E-state index in [1.807, 2.05) is 7.05 Å². The Morgan fingerprint density at radius 1 is 1.12 bits per heavy atom. The molecule has 3 aromatic rings. The molecule has 0 spiro atoms. The Morgan fingerprint density at radius 2 is 1.85 bits per heavy atom. The van der Waals surface area contributed by atoms with Gasteiger partial charge in [0.1, 0.15) is 28.9 Å². The Kier molecular flexibility index (Phi) is 5.94. The maximum Gasteiger partial charge on any atom is 0.252 e. The summed E-state index contributed by atoms with van der Waals surface area (Å²) in [6, 6.07) is 11.1. The van der Waals surface area contributed by atoms with Crippen molar-refractivity contribution >= 4 is 22.5 Å². The van der Waals surface area contributed by atoms with Gasteiger partial charge in [0.2, 0.25) is 0 Å². The third kappa shape index (κ3) is 4.35. The first kappa shape index (κ1) is 22.3. The first-order valence-electron chi connectivity index (χ1n) is 12.0. The summed E-state index contributed by atoms with van der Waals surface area (Å²) in [6.45, 7) is 0.976. The van der Waals surface area contributed by atoms with E-state index in [0.29, 0.717) is 23.2 Å². The molecule has 8 heteroatoms. The average molecular weight is 461 g/mol. The summed E-state index contributed by atoms with van der Waals surface area (Å²) in [5.74, 6) is 1.25. The zero-order valence-corrected chi connectivity index (χ0v) is 19.6. The van der Waals surface area contributed by atoms with Crippen LogP contribution in [0.5, 0.6) is 0 Å². The number of nitriles is 1. The predicted molar refractivity (Wildman–Crippen MR) is 130 cm³/mol. The molecule has 3 heterocycles. The van der Waals surface area contributed by atoms with Crippen LogP contribution in [0.3, 0.4) is 0 Å². The van der Waals surface area contributed by atoms with E-state index in [1.54, 1.807) is 35.9 Å². The number of anilines is 2. The highest BCUT2D eigenvalue weighted by molar-refractivity contribution is 5.88. The van der Waals surface area contributed by atoms with E-state index in [1.165, 1.54) is 25.1 Å². The highest BCUT2D eigenvalue weighted by Crippen LogP contribution is 2.36. The predicted octanol–water partition coefficient (Wildman–Crippen LogP) is 4.00. The summed E-state index contributed by atoms with van der Waals surface area (Å²) in [7, 11) is 3.74.